The van der Waals surface area contributed by atoms with Crippen LogP contribution in [0.25, 0.3) is 5.82 Å². The van der Waals surface area contributed by atoms with Gasteiger partial charge in [0.15, 0.2) is 0 Å². The second kappa shape index (κ2) is 4.53. The Kier molecular flexibility index (Phi) is 3.08. The normalized spacial score (nSPS) is 10.9. The highest BCUT2D eigenvalue weighted by Gasteiger charge is 2.09. The molecule has 0 unspecified atom stereocenters. The molecule has 17 heavy (non-hydrogen) atoms. The highest BCUT2D eigenvalue weighted by molar-refractivity contribution is 5.42. The highest BCUT2D eigenvalue weighted by atomic mass is 15.1. The number of anilines is 1. The number of nitrogens with zero attached hydrogens (tertiary/aromatic N) is 4. The standard InChI is InChI=1S/C12H17N5/c1-8(2)12-15-10(13-4)7-11(16-12)17-6-5-14-9(17)3/h5-8H,1-4H3,(H,13,15,16). The summed E-state index contributed by atoms with van der Waals surface area (Å²) in [5.41, 5.74) is 0. The molecule has 0 bridgehead atoms. The molecule has 5 nitrogen and oxygen atoms in total. The van der Waals surface area contributed by atoms with Crippen LogP contribution in [0.5, 0.6) is 0 Å². The lowest BCUT2D eigenvalue weighted by Gasteiger charge is -2.11. The molecule has 5 heteroatoms. The summed E-state index contributed by atoms with van der Waals surface area (Å²) in [5, 5.41) is 3.06. The van der Waals surface area contributed by atoms with Gasteiger partial charge in [0.05, 0.1) is 0 Å². The molecule has 0 aliphatic rings. The Morgan fingerprint density at radius 3 is 2.59 bits per heavy atom. The van der Waals surface area contributed by atoms with Crippen LogP contribution in [0.1, 0.15) is 31.4 Å². The molecule has 0 radical (unpaired) electrons. The largest absolute Gasteiger partial charge is 0.373 e. The van der Waals surface area contributed by atoms with Gasteiger partial charge in [-0.15, -0.1) is 0 Å². The van der Waals surface area contributed by atoms with Crippen LogP contribution in [0.15, 0.2) is 18.5 Å². The van der Waals surface area contributed by atoms with Crippen molar-refractivity contribution in [2.75, 3.05) is 12.4 Å². The Bertz CT molecular complexity index is 515. The fraction of sp³-hybridized carbons (Fsp3) is 0.417. The Morgan fingerprint density at radius 1 is 1.29 bits per heavy atom. The van der Waals surface area contributed by atoms with Gasteiger partial charge in [0, 0.05) is 31.4 Å². The van der Waals surface area contributed by atoms with Crippen molar-refractivity contribution in [3.63, 3.8) is 0 Å². The van der Waals surface area contributed by atoms with Crippen molar-refractivity contribution in [3.05, 3.63) is 30.1 Å². The molecule has 2 rings (SSSR count). The lowest BCUT2D eigenvalue weighted by molar-refractivity contribution is 0.760. The van der Waals surface area contributed by atoms with Gasteiger partial charge < -0.3 is 5.32 Å². The Labute approximate surface area is 101 Å². The van der Waals surface area contributed by atoms with Crippen LogP contribution in [-0.4, -0.2) is 26.6 Å². The van der Waals surface area contributed by atoms with E-state index in [-0.39, 0.29) is 0 Å². The van der Waals surface area contributed by atoms with E-state index < -0.39 is 0 Å². The minimum atomic E-state index is 0.297. The molecular weight excluding hydrogens is 214 g/mol. The maximum Gasteiger partial charge on any atom is 0.143 e. The van der Waals surface area contributed by atoms with Crippen LogP contribution in [-0.2, 0) is 0 Å². The zero-order chi connectivity index (χ0) is 12.4. The van der Waals surface area contributed by atoms with Crippen molar-refractivity contribution in [2.24, 2.45) is 0 Å². The SMILES string of the molecule is CNc1cc(-n2ccnc2C)nc(C(C)C)n1. The van der Waals surface area contributed by atoms with Crippen LogP contribution >= 0.6 is 0 Å². The first kappa shape index (κ1) is 11.6. The lowest BCUT2D eigenvalue weighted by Crippen LogP contribution is -2.07. The van der Waals surface area contributed by atoms with E-state index in [2.05, 4.69) is 34.1 Å². The van der Waals surface area contributed by atoms with Crippen LogP contribution in [0.2, 0.25) is 0 Å². The van der Waals surface area contributed by atoms with Gasteiger partial charge in [-0.3, -0.25) is 4.57 Å². The van der Waals surface area contributed by atoms with Gasteiger partial charge in [-0.25, -0.2) is 15.0 Å². The molecule has 0 atom stereocenters. The number of nitrogens with one attached hydrogen (secondary N) is 1. The predicted molar refractivity (Wildman–Crippen MR) is 67.5 cm³/mol. The van der Waals surface area contributed by atoms with Crippen LogP contribution in [0.4, 0.5) is 5.82 Å². The number of rotatable bonds is 3. The van der Waals surface area contributed by atoms with E-state index >= 15 is 0 Å². The van der Waals surface area contributed by atoms with E-state index in [0.717, 1.165) is 23.3 Å². The van der Waals surface area contributed by atoms with E-state index in [4.69, 9.17) is 0 Å². The summed E-state index contributed by atoms with van der Waals surface area (Å²) >= 11 is 0. The van der Waals surface area contributed by atoms with Gasteiger partial charge in [0.25, 0.3) is 0 Å². The molecule has 0 aromatic carbocycles. The summed E-state index contributed by atoms with van der Waals surface area (Å²) in [5.74, 6) is 3.72. The minimum Gasteiger partial charge on any atom is -0.373 e. The summed E-state index contributed by atoms with van der Waals surface area (Å²) in [4.78, 5) is 13.2. The van der Waals surface area contributed by atoms with Crippen molar-refractivity contribution in [1.82, 2.24) is 19.5 Å². The third-order valence-corrected chi connectivity index (χ3v) is 2.58. The fourth-order valence-corrected chi connectivity index (χ4v) is 1.58. The van der Waals surface area contributed by atoms with Crippen LogP contribution < -0.4 is 5.32 Å². The molecule has 0 fully saturated rings. The van der Waals surface area contributed by atoms with Crippen molar-refractivity contribution >= 4 is 5.82 Å². The summed E-state index contributed by atoms with van der Waals surface area (Å²) in [6.45, 7) is 6.12. The van der Waals surface area contributed by atoms with Gasteiger partial charge in [0.1, 0.15) is 23.3 Å². The Balaban J connectivity index is 2.54. The number of hydrogen-bond acceptors (Lipinski definition) is 4. The molecule has 0 amide bonds. The highest BCUT2D eigenvalue weighted by Crippen LogP contribution is 2.17. The van der Waals surface area contributed by atoms with E-state index in [0.29, 0.717) is 5.92 Å². The summed E-state index contributed by atoms with van der Waals surface area (Å²) in [6, 6.07) is 1.92. The maximum absolute atomic E-state index is 4.56. The second-order valence-electron chi connectivity index (χ2n) is 4.22. The fourth-order valence-electron chi connectivity index (χ4n) is 1.58. The molecule has 2 aromatic rings. The quantitative estimate of drug-likeness (QED) is 0.879. The maximum atomic E-state index is 4.56. The monoisotopic (exact) mass is 231 g/mol. The van der Waals surface area contributed by atoms with Gasteiger partial charge in [-0.1, -0.05) is 13.8 Å². The van der Waals surface area contributed by atoms with E-state index in [1.807, 2.05) is 30.8 Å². The third-order valence-electron chi connectivity index (χ3n) is 2.58. The third kappa shape index (κ3) is 2.27. The summed E-state index contributed by atoms with van der Waals surface area (Å²) in [6.07, 6.45) is 3.67. The molecule has 2 aromatic heterocycles. The van der Waals surface area contributed by atoms with Crippen LogP contribution in [0.3, 0.4) is 0 Å². The van der Waals surface area contributed by atoms with Crippen molar-refractivity contribution < 1.29 is 0 Å². The van der Waals surface area contributed by atoms with Crippen molar-refractivity contribution in [3.8, 4) is 5.82 Å². The second-order valence-corrected chi connectivity index (χ2v) is 4.22. The minimum absolute atomic E-state index is 0.297. The molecule has 1 N–H and O–H groups in total. The number of imidazole rings is 1. The first-order valence-electron chi connectivity index (χ1n) is 5.69. The van der Waals surface area contributed by atoms with Gasteiger partial charge in [-0.2, -0.15) is 0 Å². The molecule has 2 heterocycles. The van der Waals surface area contributed by atoms with Gasteiger partial charge >= 0.3 is 0 Å². The molecule has 0 saturated heterocycles. The van der Waals surface area contributed by atoms with Gasteiger partial charge in [0.2, 0.25) is 0 Å². The van der Waals surface area contributed by atoms with E-state index in [9.17, 15) is 0 Å². The average Bonchev–Trinajstić information content (AvgIpc) is 2.74. The Morgan fingerprint density at radius 2 is 2.06 bits per heavy atom. The predicted octanol–water partition coefficient (Wildman–Crippen LogP) is 2.14. The lowest BCUT2D eigenvalue weighted by atomic mass is 10.2. The first-order valence-corrected chi connectivity index (χ1v) is 5.69. The van der Waals surface area contributed by atoms with E-state index in [1.165, 1.54) is 0 Å². The Hall–Kier alpha value is -1.91. The topological polar surface area (TPSA) is 55.6 Å². The zero-order valence-electron chi connectivity index (χ0n) is 10.6. The molecule has 0 aliphatic carbocycles. The molecule has 0 spiro atoms. The smallest absolute Gasteiger partial charge is 0.143 e. The molecular formula is C12H17N5. The van der Waals surface area contributed by atoms with Crippen LogP contribution in [0, 0.1) is 6.92 Å². The van der Waals surface area contributed by atoms with Gasteiger partial charge in [-0.05, 0) is 6.92 Å². The molecule has 90 valence electrons. The zero-order valence-corrected chi connectivity index (χ0v) is 10.6. The number of aryl methyl sites for hydroxylation is 1. The van der Waals surface area contributed by atoms with E-state index in [1.54, 1.807) is 6.20 Å². The molecule has 0 aliphatic heterocycles. The summed E-state index contributed by atoms with van der Waals surface area (Å²) < 4.78 is 1.95. The first-order chi connectivity index (χ1) is 8.11. The summed E-state index contributed by atoms with van der Waals surface area (Å²) in [7, 11) is 1.86. The van der Waals surface area contributed by atoms with Crippen molar-refractivity contribution in [2.45, 2.75) is 26.7 Å². The number of hydrogen-bond donors (Lipinski definition) is 1. The van der Waals surface area contributed by atoms with Crippen molar-refractivity contribution in [1.29, 1.82) is 0 Å². The average molecular weight is 231 g/mol. The number of aromatic nitrogens is 4. The molecule has 0 saturated carbocycles.